The van der Waals surface area contributed by atoms with E-state index in [0.717, 1.165) is 17.9 Å². The van der Waals surface area contributed by atoms with Gasteiger partial charge in [-0.25, -0.2) is 0 Å². The van der Waals surface area contributed by atoms with E-state index in [1.54, 1.807) is 10.4 Å². The van der Waals surface area contributed by atoms with Crippen LogP contribution in [0.2, 0.25) is 13.1 Å². The number of ether oxygens (including phenoxy) is 1. The van der Waals surface area contributed by atoms with Crippen LogP contribution >= 0.6 is 0 Å². The summed E-state index contributed by atoms with van der Waals surface area (Å²) in [5.74, 6) is 2.10. The van der Waals surface area contributed by atoms with E-state index in [1.807, 2.05) is 0 Å². The summed E-state index contributed by atoms with van der Waals surface area (Å²) in [6.45, 7) is 4.87. The molecule has 0 fully saturated rings. The van der Waals surface area contributed by atoms with Gasteiger partial charge in [0.05, 0.1) is 0 Å². The van der Waals surface area contributed by atoms with Crippen LogP contribution in [0.4, 0.5) is 0 Å². The van der Waals surface area contributed by atoms with E-state index in [9.17, 15) is 0 Å². The van der Waals surface area contributed by atoms with E-state index < -0.39 is 17.6 Å². The smallest absolute Gasteiger partial charge is 0.127 e. The van der Waals surface area contributed by atoms with E-state index >= 15 is 0 Å². The number of hydrogen-bond donors (Lipinski definition) is 0. The molecule has 30 heavy (non-hydrogen) atoms. The monoisotopic (exact) mass is 420 g/mol. The summed E-state index contributed by atoms with van der Waals surface area (Å²) < 4.78 is 6.33. The van der Waals surface area contributed by atoms with Gasteiger partial charge in [-0.1, -0.05) is 96.3 Å². The van der Waals surface area contributed by atoms with Crippen LogP contribution in [0, 0.1) is 0 Å². The molecule has 2 aliphatic rings. The molecule has 2 heterocycles. The van der Waals surface area contributed by atoms with Crippen molar-refractivity contribution in [3.63, 3.8) is 0 Å². The van der Waals surface area contributed by atoms with Crippen molar-refractivity contribution in [3.8, 4) is 22.6 Å². The first-order valence-corrected chi connectivity index (χ1v) is 15.4. The van der Waals surface area contributed by atoms with Crippen molar-refractivity contribution in [3.05, 3.63) is 96.1 Å². The van der Waals surface area contributed by atoms with Crippen molar-refractivity contribution in [2.24, 2.45) is 0 Å². The van der Waals surface area contributed by atoms with E-state index in [4.69, 9.17) is 4.74 Å². The van der Waals surface area contributed by atoms with Crippen molar-refractivity contribution in [1.29, 1.82) is 0 Å². The summed E-state index contributed by atoms with van der Waals surface area (Å²) in [4.78, 5) is 0. The minimum atomic E-state index is -1.19. The molecule has 0 saturated carbocycles. The molecule has 4 aromatic rings. The maximum Gasteiger partial charge on any atom is 0.127 e. The van der Waals surface area contributed by atoms with Crippen molar-refractivity contribution in [2.75, 3.05) is 0 Å². The fraction of sp³-hybridized carbons (Fsp3) is 0.111. The van der Waals surface area contributed by atoms with Crippen LogP contribution in [0.5, 0.6) is 11.5 Å². The molecule has 0 unspecified atom stereocenters. The van der Waals surface area contributed by atoms with Crippen LogP contribution in [0.1, 0.15) is 11.1 Å². The molecule has 0 spiro atoms. The van der Waals surface area contributed by atoms with Crippen LogP contribution in [-0.2, 0) is 6.42 Å². The summed E-state index contributed by atoms with van der Waals surface area (Å²) in [5.41, 5.74) is 5.59. The molecule has 4 aromatic carbocycles. The highest BCUT2D eigenvalue weighted by Crippen LogP contribution is 2.30. The van der Waals surface area contributed by atoms with E-state index in [-0.39, 0.29) is 0 Å². The Morgan fingerprint density at radius 3 is 2.03 bits per heavy atom. The number of benzene rings is 4. The Bertz CT molecular complexity index is 1190. The van der Waals surface area contributed by atoms with Gasteiger partial charge in [0, 0.05) is 0 Å². The van der Waals surface area contributed by atoms with Crippen molar-refractivity contribution in [1.82, 2.24) is 0 Å². The molecule has 6 rings (SSSR count). The topological polar surface area (TPSA) is 9.23 Å². The second kappa shape index (κ2) is 6.83. The summed E-state index contributed by atoms with van der Waals surface area (Å²) >= 11 is 0. The number of para-hydroxylation sites is 1. The highest BCUT2D eigenvalue weighted by Gasteiger charge is 2.26. The van der Waals surface area contributed by atoms with Gasteiger partial charge in [0.1, 0.15) is 29.1 Å². The third-order valence-corrected chi connectivity index (χ3v) is 12.7. The zero-order chi connectivity index (χ0) is 20.2. The van der Waals surface area contributed by atoms with Gasteiger partial charge in [0.15, 0.2) is 0 Å². The Kier molecular flexibility index (Phi) is 4.08. The second-order valence-corrected chi connectivity index (χ2v) is 14.0. The van der Waals surface area contributed by atoms with Crippen LogP contribution in [-0.4, -0.2) is 17.6 Å². The third-order valence-electron chi connectivity index (χ3n) is 6.93. The van der Waals surface area contributed by atoms with Gasteiger partial charge in [-0.05, 0) is 51.2 Å². The maximum atomic E-state index is 6.33. The fourth-order valence-corrected chi connectivity index (χ4v) is 10.1. The molecule has 0 N–H and O–H groups in total. The second-order valence-electron chi connectivity index (χ2n) is 8.63. The zero-order valence-corrected chi connectivity index (χ0v) is 19.7. The van der Waals surface area contributed by atoms with Gasteiger partial charge in [-0.3, -0.25) is 0 Å². The molecule has 0 aromatic heterocycles. The molecular weight excluding hydrogens is 396 g/mol. The average molecular weight is 421 g/mol. The lowest BCUT2D eigenvalue weighted by atomic mass is 9.98. The predicted octanol–water partition coefficient (Wildman–Crippen LogP) is 3.31. The van der Waals surface area contributed by atoms with Crippen molar-refractivity contribution >= 4 is 38.3 Å². The van der Waals surface area contributed by atoms with Crippen LogP contribution in [0.25, 0.3) is 11.1 Å². The highest BCUT2D eigenvalue weighted by molar-refractivity contribution is 6.86. The van der Waals surface area contributed by atoms with Gasteiger partial charge in [-0.15, -0.1) is 0 Å². The highest BCUT2D eigenvalue weighted by atomic mass is 28.3. The summed E-state index contributed by atoms with van der Waals surface area (Å²) in [6, 6.07) is 31.5. The molecule has 2 atom stereocenters. The maximum absolute atomic E-state index is 6.33. The Balaban J connectivity index is 1.39. The lowest BCUT2D eigenvalue weighted by Gasteiger charge is -2.26. The molecule has 0 saturated heterocycles. The molecule has 0 radical (unpaired) electrons. The van der Waals surface area contributed by atoms with E-state index in [2.05, 4.69) is 98.0 Å². The first-order valence-electron chi connectivity index (χ1n) is 10.8. The van der Waals surface area contributed by atoms with E-state index in [0.29, 0.717) is 0 Å². The minimum absolute atomic E-state index is 1.04. The first-order chi connectivity index (χ1) is 14.7. The van der Waals surface area contributed by atoms with Crippen LogP contribution < -0.4 is 25.5 Å². The van der Waals surface area contributed by atoms with Crippen LogP contribution in [0.15, 0.2) is 84.9 Å². The molecule has 1 nitrogen and oxygen atoms in total. The molecule has 0 amide bonds. The zero-order valence-electron chi connectivity index (χ0n) is 17.4. The van der Waals surface area contributed by atoms with Gasteiger partial charge in [-0.2, -0.15) is 0 Å². The lowest BCUT2D eigenvalue weighted by molar-refractivity contribution is 0.487. The predicted molar refractivity (Wildman–Crippen MR) is 132 cm³/mol. The van der Waals surface area contributed by atoms with Crippen molar-refractivity contribution < 1.29 is 4.74 Å². The largest absolute Gasteiger partial charge is 0.458 e. The average Bonchev–Trinajstić information content (AvgIpc) is 2.79. The molecule has 0 aliphatic carbocycles. The SMILES string of the molecule is C[Si@@H]1c2ccccc2Cc2cc(-c3ccc4c(c3)Oc3ccccc3[Si@@H]4C)ccc21. The normalized spacial score (nSPS) is 18.5. The third kappa shape index (κ3) is 2.73. The molecule has 146 valence electrons. The Morgan fingerprint density at radius 2 is 1.17 bits per heavy atom. The number of rotatable bonds is 1. The summed E-state index contributed by atoms with van der Waals surface area (Å²) in [7, 11) is -2.28. The van der Waals surface area contributed by atoms with Crippen molar-refractivity contribution in [2.45, 2.75) is 19.5 Å². The quantitative estimate of drug-likeness (QED) is 0.429. The molecule has 2 aliphatic heterocycles. The Hall–Kier alpha value is -2.89. The minimum Gasteiger partial charge on any atom is -0.458 e. The fourth-order valence-electron chi connectivity index (χ4n) is 5.23. The van der Waals surface area contributed by atoms with Crippen LogP contribution in [0.3, 0.4) is 0 Å². The first kappa shape index (κ1) is 17.9. The molecular formula is C27H24OSi2. The van der Waals surface area contributed by atoms with Gasteiger partial charge in [0.2, 0.25) is 0 Å². The van der Waals surface area contributed by atoms with Gasteiger partial charge < -0.3 is 4.74 Å². The van der Waals surface area contributed by atoms with E-state index in [1.165, 1.54) is 32.6 Å². The molecule has 0 bridgehead atoms. The molecule has 3 heteroatoms. The lowest BCUT2D eigenvalue weighted by Crippen LogP contribution is -2.46. The Morgan fingerprint density at radius 1 is 0.567 bits per heavy atom. The van der Waals surface area contributed by atoms with Gasteiger partial charge >= 0.3 is 0 Å². The number of fused-ring (bicyclic) bond motifs is 4. The van der Waals surface area contributed by atoms with Gasteiger partial charge in [0.25, 0.3) is 0 Å². The summed E-state index contributed by atoms with van der Waals surface area (Å²) in [6.07, 6.45) is 1.05. The standard InChI is InChI=1S/C27H24OSi2/c1-29-24-9-5-3-7-20(24)16-21-15-18(11-13-25(21)29)19-12-14-27-23(17-19)28-22-8-4-6-10-26(22)30(27)2/h3-15,17,29-30H,16H2,1-2H3/t29-,30+/m1/s1. The summed E-state index contributed by atoms with van der Waals surface area (Å²) in [5, 5.41) is 6.02. The number of hydrogen-bond acceptors (Lipinski definition) is 1. The Labute approximate surface area is 181 Å².